The normalized spacial score (nSPS) is 10.1. The molecule has 0 saturated carbocycles. The van der Waals surface area contributed by atoms with Crippen LogP contribution in [0.25, 0.3) is 0 Å². The van der Waals surface area contributed by atoms with Crippen LogP contribution in [0.3, 0.4) is 0 Å². The van der Waals surface area contributed by atoms with Gasteiger partial charge in [0.25, 0.3) is 0 Å². The summed E-state index contributed by atoms with van der Waals surface area (Å²) >= 11 is 0. The summed E-state index contributed by atoms with van der Waals surface area (Å²) in [5.74, 6) is 1.66. The molecule has 0 aliphatic heterocycles. The Labute approximate surface area is 94.7 Å². The fraction of sp³-hybridized carbons (Fsp3) is 0.250. The Bertz CT molecular complexity index is 465. The van der Waals surface area contributed by atoms with E-state index in [1.165, 1.54) is 0 Å². The lowest BCUT2D eigenvalue weighted by Gasteiger charge is -2.05. The molecular weight excluding hydrogens is 202 g/mol. The van der Waals surface area contributed by atoms with Gasteiger partial charge in [-0.05, 0) is 24.6 Å². The van der Waals surface area contributed by atoms with Crippen molar-refractivity contribution in [2.75, 3.05) is 12.4 Å². The first-order valence-electron chi connectivity index (χ1n) is 5.16. The lowest BCUT2D eigenvalue weighted by molar-refractivity contribution is 0.414. The molecule has 2 aromatic rings. The summed E-state index contributed by atoms with van der Waals surface area (Å²) in [4.78, 5) is 7.30. The first kappa shape index (κ1) is 10.5. The second-order valence-corrected chi connectivity index (χ2v) is 3.62. The van der Waals surface area contributed by atoms with Crippen molar-refractivity contribution >= 4 is 5.95 Å². The van der Waals surface area contributed by atoms with E-state index in [1.54, 1.807) is 13.3 Å². The summed E-state index contributed by atoms with van der Waals surface area (Å²) in [5.41, 5.74) is 2.21. The molecule has 0 radical (unpaired) electrons. The average Bonchev–Trinajstić information content (AvgIpc) is 2.73. The van der Waals surface area contributed by atoms with Crippen molar-refractivity contribution in [2.24, 2.45) is 0 Å². The highest BCUT2D eigenvalue weighted by atomic mass is 16.5. The van der Waals surface area contributed by atoms with E-state index in [0.29, 0.717) is 0 Å². The van der Waals surface area contributed by atoms with Crippen molar-refractivity contribution in [3.8, 4) is 5.75 Å². The van der Waals surface area contributed by atoms with Gasteiger partial charge in [0, 0.05) is 18.4 Å². The van der Waals surface area contributed by atoms with Crippen molar-refractivity contribution in [1.29, 1.82) is 0 Å². The third-order valence-corrected chi connectivity index (χ3v) is 2.30. The van der Waals surface area contributed by atoms with Crippen LogP contribution in [0.2, 0.25) is 0 Å². The van der Waals surface area contributed by atoms with Gasteiger partial charge in [-0.2, -0.15) is 0 Å². The number of benzene rings is 1. The molecular formula is C12H15N3O. The number of hydrogen-bond donors (Lipinski definition) is 2. The zero-order chi connectivity index (χ0) is 11.4. The summed E-state index contributed by atoms with van der Waals surface area (Å²) in [6.45, 7) is 2.70. The number of aryl methyl sites for hydroxylation is 1. The number of nitrogens with one attached hydrogen (secondary N) is 2. The number of methoxy groups -OCH3 is 1. The predicted molar refractivity (Wildman–Crippen MR) is 63.6 cm³/mol. The summed E-state index contributed by atoms with van der Waals surface area (Å²) in [5, 5.41) is 3.21. The number of aromatic amines is 1. The van der Waals surface area contributed by atoms with Crippen LogP contribution < -0.4 is 10.1 Å². The van der Waals surface area contributed by atoms with E-state index in [1.807, 2.05) is 31.2 Å². The molecule has 0 aliphatic rings. The molecule has 0 saturated heterocycles. The maximum absolute atomic E-state index is 5.16. The van der Waals surface area contributed by atoms with E-state index in [-0.39, 0.29) is 0 Å². The van der Waals surface area contributed by atoms with Crippen LogP contribution in [0.1, 0.15) is 11.3 Å². The van der Waals surface area contributed by atoms with Gasteiger partial charge in [0.2, 0.25) is 5.95 Å². The van der Waals surface area contributed by atoms with E-state index in [4.69, 9.17) is 4.74 Å². The molecule has 0 unspecified atom stereocenters. The van der Waals surface area contributed by atoms with Crippen LogP contribution in [0, 0.1) is 6.92 Å². The fourth-order valence-electron chi connectivity index (χ4n) is 1.47. The van der Waals surface area contributed by atoms with Gasteiger partial charge in [0.1, 0.15) is 5.75 Å². The molecule has 0 amide bonds. The molecule has 4 nitrogen and oxygen atoms in total. The van der Waals surface area contributed by atoms with Crippen LogP contribution in [-0.4, -0.2) is 17.1 Å². The summed E-state index contributed by atoms with van der Waals surface area (Å²) < 4.78 is 5.16. The first-order chi connectivity index (χ1) is 7.78. The second kappa shape index (κ2) is 4.70. The van der Waals surface area contributed by atoms with Gasteiger partial charge in [0.05, 0.1) is 7.11 Å². The summed E-state index contributed by atoms with van der Waals surface area (Å²) in [6, 6.07) is 7.96. The number of aromatic nitrogens is 2. The van der Waals surface area contributed by atoms with Crippen LogP contribution in [0.4, 0.5) is 5.95 Å². The topological polar surface area (TPSA) is 49.9 Å². The zero-order valence-electron chi connectivity index (χ0n) is 9.45. The van der Waals surface area contributed by atoms with Gasteiger partial charge < -0.3 is 15.0 Å². The maximum Gasteiger partial charge on any atom is 0.200 e. The Hall–Kier alpha value is -1.97. The van der Waals surface area contributed by atoms with Gasteiger partial charge in [-0.25, -0.2) is 4.98 Å². The minimum Gasteiger partial charge on any atom is -0.497 e. The molecule has 0 bridgehead atoms. The Morgan fingerprint density at radius 1 is 1.44 bits per heavy atom. The Morgan fingerprint density at radius 2 is 2.31 bits per heavy atom. The molecule has 1 heterocycles. The number of imidazole rings is 1. The van der Waals surface area contributed by atoms with Crippen LogP contribution in [-0.2, 0) is 6.54 Å². The molecule has 2 N–H and O–H groups in total. The minimum atomic E-state index is 0.726. The van der Waals surface area contributed by atoms with E-state index in [0.717, 1.165) is 29.5 Å². The third-order valence-electron chi connectivity index (χ3n) is 2.30. The van der Waals surface area contributed by atoms with Crippen LogP contribution >= 0.6 is 0 Å². The quantitative estimate of drug-likeness (QED) is 0.826. The number of nitrogens with zero attached hydrogens (tertiary/aromatic N) is 1. The molecule has 84 valence electrons. The van der Waals surface area contributed by atoms with Crippen LogP contribution in [0.15, 0.2) is 30.5 Å². The van der Waals surface area contributed by atoms with Gasteiger partial charge in [-0.1, -0.05) is 12.1 Å². The summed E-state index contributed by atoms with van der Waals surface area (Å²) in [6.07, 6.45) is 1.80. The fourth-order valence-corrected chi connectivity index (χ4v) is 1.47. The van der Waals surface area contributed by atoms with Gasteiger partial charge in [0.15, 0.2) is 0 Å². The summed E-state index contributed by atoms with van der Waals surface area (Å²) in [7, 11) is 1.67. The molecule has 4 heteroatoms. The number of ether oxygens (including phenoxy) is 1. The van der Waals surface area contributed by atoms with Gasteiger partial charge in [-0.15, -0.1) is 0 Å². The predicted octanol–water partition coefficient (Wildman–Crippen LogP) is 2.34. The monoisotopic (exact) mass is 217 g/mol. The van der Waals surface area contributed by atoms with Gasteiger partial charge >= 0.3 is 0 Å². The molecule has 0 atom stereocenters. The number of H-pyrrole nitrogens is 1. The highest BCUT2D eigenvalue weighted by Crippen LogP contribution is 2.13. The first-order valence-corrected chi connectivity index (χ1v) is 5.16. The number of rotatable bonds is 4. The molecule has 2 rings (SSSR count). The lowest BCUT2D eigenvalue weighted by Crippen LogP contribution is -2.01. The Balaban J connectivity index is 1.99. The highest BCUT2D eigenvalue weighted by molar-refractivity contribution is 5.32. The third kappa shape index (κ3) is 2.53. The standard InChI is InChI=1S/C12H15N3O/c1-9-7-13-12(15-9)14-8-10-4-3-5-11(6-10)16-2/h3-7H,8H2,1-2H3,(H2,13,14,15). The highest BCUT2D eigenvalue weighted by Gasteiger charge is 1.98. The number of anilines is 1. The Kier molecular flexibility index (Phi) is 3.10. The Morgan fingerprint density at radius 3 is 3.00 bits per heavy atom. The van der Waals surface area contributed by atoms with Crippen molar-refractivity contribution in [3.05, 3.63) is 41.7 Å². The van der Waals surface area contributed by atoms with E-state index < -0.39 is 0 Å². The van der Waals surface area contributed by atoms with Gasteiger partial charge in [-0.3, -0.25) is 0 Å². The van der Waals surface area contributed by atoms with E-state index >= 15 is 0 Å². The van der Waals surface area contributed by atoms with Crippen molar-refractivity contribution in [2.45, 2.75) is 13.5 Å². The van der Waals surface area contributed by atoms with E-state index in [9.17, 15) is 0 Å². The minimum absolute atomic E-state index is 0.726. The van der Waals surface area contributed by atoms with Crippen LogP contribution in [0.5, 0.6) is 5.75 Å². The molecule has 0 fully saturated rings. The number of hydrogen-bond acceptors (Lipinski definition) is 3. The average molecular weight is 217 g/mol. The van der Waals surface area contributed by atoms with Crippen molar-refractivity contribution < 1.29 is 4.74 Å². The molecule has 0 aliphatic carbocycles. The SMILES string of the molecule is COc1cccc(CNc2ncc(C)[nH]2)c1. The zero-order valence-corrected chi connectivity index (χ0v) is 9.45. The second-order valence-electron chi connectivity index (χ2n) is 3.62. The molecule has 1 aromatic heterocycles. The largest absolute Gasteiger partial charge is 0.497 e. The smallest absolute Gasteiger partial charge is 0.200 e. The van der Waals surface area contributed by atoms with E-state index in [2.05, 4.69) is 15.3 Å². The van der Waals surface area contributed by atoms with Crippen molar-refractivity contribution in [3.63, 3.8) is 0 Å². The maximum atomic E-state index is 5.16. The lowest BCUT2D eigenvalue weighted by atomic mass is 10.2. The molecule has 16 heavy (non-hydrogen) atoms. The molecule has 0 spiro atoms. The van der Waals surface area contributed by atoms with Crippen molar-refractivity contribution in [1.82, 2.24) is 9.97 Å². The molecule has 1 aromatic carbocycles.